The first-order chi connectivity index (χ1) is 18.7. The Labute approximate surface area is 232 Å². The van der Waals surface area contributed by atoms with E-state index in [1.807, 2.05) is 18.2 Å². The number of likely N-dealkylation sites (tertiary alicyclic amines) is 1. The van der Waals surface area contributed by atoms with Crippen molar-refractivity contribution in [1.29, 1.82) is 0 Å². The van der Waals surface area contributed by atoms with Crippen LogP contribution >= 0.6 is 11.6 Å². The number of nitrogens with one attached hydrogen (secondary N) is 2. The van der Waals surface area contributed by atoms with E-state index in [1.54, 1.807) is 43.3 Å². The molecule has 2 N–H and O–H groups in total. The second-order valence-electron chi connectivity index (χ2n) is 9.27. The monoisotopic (exact) mass is 557 g/mol. The van der Waals surface area contributed by atoms with E-state index in [2.05, 4.69) is 10.6 Å². The predicted octanol–water partition coefficient (Wildman–Crippen LogP) is 2.81. The second-order valence-corrected chi connectivity index (χ2v) is 9.71. The average molecular weight is 558 g/mol. The van der Waals surface area contributed by atoms with Gasteiger partial charge in [-0.1, -0.05) is 54.1 Å². The summed E-state index contributed by atoms with van der Waals surface area (Å²) in [4.78, 5) is 60.5. The molecule has 11 heteroatoms. The van der Waals surface area contributed by atoms with Crippen molar-refractivity contribution in [2.45, 2.75) is 51.3 Å². The zero-order valence-electron chi connectivity index (χ0n) is 21.7. The minimum Gasteiger partial charge on any atom is -0.457 e. The van der Waals surface area contributed by atoms with E-state index in [9.17, 15) is 24.0 Å². The summed E-state index contributed by atoms with van der Waals surface area (Å²) >= 11 is 5.90. The van der Waals surface area contributed by atoms with Crippen LogP contribution in [0.25, 0.3) is 0 Å². The molecule has 39 heavy (non-hydrogen) atoms. The van der Waals surface area contributed by atoms with Gasteiger partial charge in [-0.25, -0.2) is 4.79 Å². The number of ketones is 1. The second kappa shape index (κ2) is 14.9. The molecular formula is C28H32ClN3O7. The molecule has 0 aromatic heterocycles. The van der Waals surface area contributed by atoms with Crippen LogP contribution in [0.2, 0.25) is 5.02 Å². The number of nitrogens with zero attached hydrogens (tertiary/aromatic N) is 1. The van der Waals surface area contributed by atoms with Crippen LogP contribution in [0.3, 0.4) is 0 Å². The van der Waals surface area contributed by atoms with Crippen LogP contribution in [-0.2, 0) is 41.7 Å². The summed E-state index contributed by atoms with van der Waals surface area (Å²) in [6.07, 6.45) is 1.44. The molecule has 208 valence electrons. The molecule has 3 amide bonds. The van der Waals surface area contributed by atoms with Gasteiger partial charge in [-0.15, -0.1) is 0 Å². The highest BCUT2D eigenvalue weighted by molar-refractivity contribution is 6.30. The Balaban J connectivity index is 0.000000617. The largest absolute Gasteiger partial charge is 0.457 e. The Kier molecular flexibility index (Phi) is 11.3. The first-order valence-corrected chi connectivity index (χ1v) is 13.0. The molecule has 2 heterocycles. The van der Waals surface area contributed by atoms with Crippen LogP contribution < -0.4 is 10.6 Å². The van der Waals surface area contributed by atoms with E-state index in [1.165, 1.54) is 4.90 Å². The van der Waals surface area contributed by atoms with Gasteiger partial charge in [0.1, 0.15) is 12.6 Å². The summed E-state index contributed by atoms with van der Waals surface area (Å²) < 4.78 is 10.2. The van der Waals surface area contributed by atoms with Gasteiger partial charge in [0, 0.05) is 24.0 Å². The lowest BCUT2D eigenvalue weighted by molar-refractivity contribution is -0.148. The van der Waals surface area contributed by atoms with Crippen molar-refractivity contribution in [1.82, 2.24) is 15.5 Å². The molecule has 2 unspecified atom stereocenters. The number of alkyl carbamates (subject to hydrolysis) is 1. The maximum absolute atomic E-state index is 12.7. The summed E-state index contributed by atoms with van der Waals surface area (Å²) in [5, 5.41) is 5.75. The first-order valence-electron chi connectivity index (χ1n) is 12.7. The number of hydrogen-bond acceptors (Lipinski definition) is 7. The maximum atomic E-state index is 12.7. The summed E-state index contributed by atoms with van der Waals surface area (Å²) in [6.45, 7) is 2.07. The van der Waals surface area contributed by atoms with Gasteiger partial charge in [0.2, 0.25) is 11.8 Å². The Morgan fingerprint density at radius 3 is 2.44 bits per heavy atom. The SMILES string of the molecule is CC1CC(NC(=O)OCc2cccc(Cl)c2)C(=O)N1CC(=O)COC(=O)Cc1ccccc1.O=C1CCCN1. The number of halogens is 1. The third-order valence-corrected chi connectivity index (χ3v) is 6.31. The lowest BCUT2D eigenvalue weighted by atomic mass is 10.2. The summed E-state index contributed by atoms with van der Waals surface area (Å²) in [5.41, 5.74) is 1.51. The number of hydrogen-bond donors (Lipinski definition) is 2. The number of benzene rings is 2. The smallest absolute Gasteiger partial charge is 0.408 e. The van der Waals surface area contributed by atoms with Gasteiger partial charge in [0.25, 0.3) is 0 Å². The summed E-state index contributed by atoms with van der Waals surface area (Å²) in [5.74, 6) is -1.10. The van der Waals surface area contributed by atoms with Crippen molar-refractivity contribution >= 4 is 41.3 Å². The molecule has 0 aliphatic carbocycles. The number of rotatable bonds is 9. The molecule has 2 aliphatic rings. The van der Waals surface area contributed by atoms with Crippen molar-refractivity contribution in [2.75, 3.05) is 19.7 Å². The van der Waals surface area contributed by atoms with E-state index < -0.39 is 30.5 Å². The van der Waals surface area contributed by atoms with Gasteiger partial charge in [0.05, 0.1) is 13.0 Å². The molecule has 10 nitrogen and oxygen atoms in total. The zero-order chi connectivity index (χ0) is 28.2. The van der Waals surface area contributed by atoms with Crippen LogP contribution in [0.5, 0.6) is 0 Å². The van der Waals surface area contributed by atoms with Crippen molar-refractivity contribution < 1.29 is 33.4 Å². The van der Waals surface area contributed by atoms with Gasteiger partial charge in [0.15, 0.2) is 12.4 Å². The topological polar surface area (TPSA) is 131 Å². The first kappa shape index (κ1) is 29.6. The average Bonchev–Trinajstić information content (AvgIpc) is 3.49. The molecule has 4 rings (SSSR count). The van der Waals surface area contributed by atoms with E-state index in [-0.39, 0.29) is 37.4 Å². The maximum Gasteiger partial charge on any atom is 0.408 e. The van der Waals surface area contributed by atoms with Crippen LogP contribution in [0.15, 0.2) is 54.6 Å². The Bertz CT molecular complexity index is 1170. The van der Waals surface area contributed by atoms with Gasteiger partial charge in [-0.2, -0.15) is 0 Å². The standard InChI is InChI=1S/C24H25ClN2O6.C4H7NO/c1-16-10-21(26-24(31)33-14-18-8-5-9-19(25)11-18)23(30)27(16)13-20(28)15-32-22(29)12-17-6-3-2-4-7-17;6-4-2-1-3-5-4/h2-9,11,16,21H,10,12-15H2,1H3,(H,26,31);1-3H2,(H,5,6). The number of amides is 3. The molecular weight excluding hydrogens is 526 g/mol. The third-order valence-electron chi connectivity index (χ3n) is 6.08. The van der Waals surface area contributed by atoms with E-state index in [0.717, 1.165) is 30.5 Å². The Morgan fingerprint density at radius 2 is 1.79 bits per heavy atom. The number of Topliss-reactive ketones (excluding diaryl/α,β-unsaturated/α-hetero) is 1. The number of carbonyl (C=O) groups is 5. The number of ether oxygens (including phenoxy) is 2. The van der Waals surface area contributed by atoms with Gasteiger partial charge in [-0.05, 0) is 43.0 Å². The molecule has 2 atom stereocenters. The normalized spacial score (nSPS) is 18.1. The molecule has 2 aromatic rings. The molecule has 0 spiro atoms. The van der Waals surface area contributed by atoms with Crippen LogP contribution in [0.4, 0.5) is 4.79 Å². The quantitative estimate of drug-likeness (QED) is 0.453. The highest BCUT2D eigenvalue weighted by atomic mass is 35.5. The Hall–Kier alpha value is -3.92. The minimum atomic E-state index is -0.791. The van der Waals surface area contributed by atoms with Gasteiger partial charge in [-0.3, -0.25) is 19.2 Å². The fourth-order valence-corrected chi connectivity index (χ4v) is 4.29. The zero-order valence-corrected chi connectivity index (χ0v) is 22.4. The molecule has 2 saturated heterocycles. The van der Waals surface area contributed by atoms with E-state index in [0.29, 0.717) is 11.4 Å². The highest BCUT2D eigenvalue weighted by Gasteiger charge is 2.39. The van der Waals surface area contributed by atoms with Crippen LogP contribution in [0, 0.1) is 0 Å². The third kappa shape index (κ3) is 10.0. The van der Waals surface area contributed by atoms with Crippen molar-refractivity contribution in [3.8, 4) is 0 Å². The van der Waals surface area contributed by atoms with E-state index >= 15 is 0 Å². The van der Waals surface area contributed by atoms with Crippen molar-refractivity contribution in [2.24, 2.45) is 0 Å². The lowest BCUT2D eigenvalue weighted by Crippen LogP contribution is -2.44. The minimum absolute atomic E-state index is 0.0133. The van der Waals surface area contributed by atoms with Crippen molar-refractivity contribution in [3.05, 3.63) is 70.7 Å². The Morgan fingerprint density at radius 1 is 1.05 bits per heavy atom. The van der Waals surface area contributed by atoms with Crippen LogP contribution in [-0.4, -0.2) is 66.3 Å². The molecule has 2 fully saturated rings. The molecule has 0 radical (unpaired) electrons. The summed E-state index contributed by atoms with van der Waals surface area (Å²) in [6, 6.07) is 14.9. The number of carbonyl (C=O) groups excluding carboxylic acids is 5. The fourth-order valence-electron chi connectivity index (χ4n) is 4.08. The fraction of sp³-hybridized carbons (Fsp3) is 0.393. The molecule has 2 aliphatic heterocycles. The lowest BCUT2D eigenvalue weighted by Gasteiger charge is -2.20. The van der Waals surface area contributed by atoms with Crippen molar-refractivity contribution in [3.63, 3.8) is 0 Å². The van der Waals surface area contributed by atoms with Gasteiger partial charge < -0.3 is 25.0 Å². The highest BCUT2D eigenvalue weighted by Crippen LogP contribution is 2.19. The summed E-state index contributed by atoms with van der Waals surface area (Å²) in [7, 11) is 0. The van der Waals surface area contributed by atoms with E-state index in [4.69, 9.17) is 21.1 Å². The van der Waals surface area contributed by atoms with Gasteiger partial charge >= 0.3 is 12.1 Å². The number of esters is 1. The predicted molar refractivity (Wildman–Crippen MR) is 143 cm³/mol. The van der Waals surface area contributed by atoms with Crippen LogP contribution in [0.1, 0.15) is 37.3 Å². The molecule has 0 saturated carbocycles. The molecule has 0 bridgehead atoms. The molecule has 2 aromatic carbocycles.